The minimum atomic E-state index is -0.490. The number of halogens is 2. The van der Waals surface area contributed by atoms with Gasteiger partial charge in [0, 0.05) is 36.0 Å². The molecule has 1 amide bonds. The molecule has 0 saturated heterocycles. The number of carbonyl (C=O) groups is 1. The molecule has 3 N–H and O–H groups in total. The summed E-state index contributed by atoms with van der Waals surface area (Å²) in [4.78, 5) is 14.1. The van der Waals surface area contributed by atoms with Crippen LogP contribution in [0.15, 0.2) is 46.3 Å². The first-order valence-corrected chi connectivity index (χ1v) is 8.59. The van der Waals surface area contributed by atoms with E-state index in [1.54, 1.807) is 4.90 Å². The molecule has 0 atom stereocenters. The summed E-state index contributed by atoms with van der Waals surface area (Å²) in [5, 5.41) is 11.4. The molecule has 1 aromatic rings. The Kier molecular flexibility index (Phi) is 9.07. The first-order chi connectivity index (χ1) is 11.4. The molecule has 1 rings (SSSR count). The van der Waals surface area contributed by atoms with Crippen molar-refractivity contribution in [1.29, 1.82) is 0 Å². The van der Waals surface area contributed by atoms with Gasteiger partial charge in [-0.1, -0.05) is 40.2 Å². The zero-order valence-corrected chi connectivity index (χ0v) is 15.1. The van der Waals surface area contributed by atoms with Gasteiger partial charge in [0.05, 0.1) is 5.83 Å². The quantitative estimate of drug-likeness (QED) is 0.202. The molecule has 0 aromatic heterocycles. The van der Waals surface area contributed by atoms with Crippen LogP contribution in [0.25, 0.3) is 0 Å². The van der Waals surface area contributed by atoms with Gasteiger partial charge in [0.1, 0.15) is 5.84 Å². The first-order valence-electron chi connectivity index (χ1n) is 7.79. The van der Waals surface area contributed by atoms with Crippen molar-refractivity contribution < 1.29 is 14.4 Å². The number of nitrogens with zero attached hydrogens (tertiary/aromatic N) is 2. The summed E-state index contributed by atoms with van der Waals surface area (Å²) >= 11 is 3.40. The Morgan fingerprint density at radius 2 is 2.04 bits per heavy atom. The van der Waals surface area contributed by atoms with Crippen LogP contribution in [0.5, 0.6) is 0 Å². The van der Waals surface area contributed by atoms with Crippen LogP contribution in [0.2, 0.25) is 0 Å². The molecule has 0 heterocycles. The molecule has 0 radical (unpaired) electrons. The van der Waals surface area contributed by atoms with Crippen LogP contribution in [0, 0.1) is 0 Å². The third-order valence-corrected chi connectivity index (χ3v) is 3.97. The normalized spacial score (nSPS) is 11.3. The lowest BCUT2D eigenvalue weighted by Crippen LogP contribution is -2.31. The molecule has 0 fully saturated rings. The lowest BCUT2D eigenvalue weighted by molar-refractivity contribution is -0.118. The molecule has 1 aromatic carbocycles. The van der Waals surface area contributed by atoms with Crippen molar-refractivity contribution in [2.75, 3.05) is 11.4 Å². The highest BCUT2D eigenvalue weighted by Crippen LogP contribution is 2.22. The van der Waals surface area contributed by atoms with Crippen LogP contribution in [-0.2, 0) is 4.79 Å². The molecule has 7 heteroatoms. The largest absolute Gasteiger partial charge is 0.409 e. The average Bonchev–Trinajstić information content (AvgIpc) is 2.55. The van der Waals surface area contributed by atoms with Gasteiger partial charge >= 0.3 is 0 Å². The minimum absolute atomic E-state index is 0.0346. The number of unbranched alkanes of at least 4 members (excludes halogenated alkanes) is 2. The van der Waals surface area contributed by atoms with Crippen LogP contribution >= 0.6 is 15.9 Å². The smallest absolute Gasteiger partial charge is 0.227 e. The predicted molar refractivity (Wildman–Crippen MR) is 97.9 cm³/mol. The van der Waals surface area contributed by atoms with E-state index in [-0.39, 0.29) is 24.6 Å². The highest BCUT2D eigenvalue weighted by Gasteiger charge is 2.16. The number of allylic oxidation sites excluding steroid dienone is 1. The number of carbonyl (C=O) groups excluding carboxylic acids is 1. The highest BCUT2D eigenvalue weighted by atomic mass is 79.9. The fourth-order valence-electron chi connectivity index (χ4n) is 2.22. The zero-order valence-electron chi connectivity index (χ0n) is 13.5. The predicted octanol–water partition coefficient (Wildman–Crippen LogP) is 4.35. The van der Waals surface area contributed by atoms with Crippen molar-refractivity contribution in [3.05, 3.63) is 41.1 Å². The van der Waals surface area contributed by atoms with Crippen LogP contribution in [-0.4, -0.2) is 23.5 Å². The number of amides is 1. The number of hydrogen-bond donors (Lipinski definition) is 2. The van der Waals surface area contributed by atoms with Gasteiger partial charge in [0.25, 0.3) is 0 Å². The summed E-state index contributed by atoms with van der Waals surface area (Å²) in [6, 6.07) is 7.45. The summed E-state index contributed by atoms with van der Waals surface area (Å²) in [5.41, 5.74) is 6.20. The summed E-state index contributed by atoms with van der Waals surface area (Å²) in [5.74, 6) is -0.420. The topological polar surface area (TPSA) is 78.9 Å². The third-order valence-electron chi connectivity index (χ3n) is 3.47. The van der Waals surface area contributed by atoms with Crippen LogP contribution in [0.1, 0.15) is 38.5 Å². The molecule has 24 heavy (non-hydrogen) atoms. The summed E-state index contributed by atoms with van der Waals surface area (Å²) in [7, 11) is 0. The van der Waals surface area contributed by atoms with E-state index < -0.39 is 5.83 Å². The third kappa shape index (κ3) is 7.59. The van der Waals surface area contributed by atoms with Gasteiger partial charge in [-0.2, -0.15) is 0 Å². The van der Waals surface area contributed by atoms with E-state index in [0.717, 1.165) is 29.4 Å². The van der Waals surface area contributed by atoms with Gasteiger partial charge in [0.15, 0.2) is 0 Å². The Labute approximate surface area is 150 Å². The minimum Gasteiger partial charge on any atom is -0.409 e. The number of rotatable bonds is 10. The molecular formula is C17H23BrFN3O2. The molecule has 0 unspecified atom stereocenters. The Hall–Kier alpha value is -1.89. The van der Waals surface area contributed by atoms with Crippen molar-refractivity contribution in [2.24, 2.45) is 10.9 Å². The Morgan fingerprint density at radius 3 is 2.67 bits per heavy atom. The average molecular weight is 400 g/mol. The number of amidine groups is 1. The highest BCUT2D eigenvalue weighted by molar-refractivity contribution is 9.10. The second-order valence-electron chi connectivity index (χ2n) is 5.44. The molecule has 5 nitrogen and oxygen atoms in total. The lowest BCUT2D eigenvalue weighted by atomic mass is 10.1. The maximum absolute atomic E-state index is 12.8. The summed E-state index contributed by atoms with van der Waals surface area (Å²) in [6.07, 6.45) is 3.02. The lowest BCUT2D eigenvalue weighted by Gasteiger charge is -2.23. The van der Waals surface area contributed by atoms with Gasteiger partial charge in [-0.25, -0.2) is 4.39 Å². The van der Waals surface area contributed by atoms with E-state index in [1.165, 1.54) is 0 Å². The molecule has 0 aliphatic carbocycles. The monoisotopic (exact) mass is 399 g/mol. The second kappa shape index (κ2) is 10.8. The maximum atomic E-state index is 12.8. The molecule has 0 aliphatic heterocycles. The molecule has 0 aliphatic rings. The van der Waals surface area contributed by atoms with Crippen molar-refractivity contribution >= 4 is 33.4 Å². The van der Waals surface area contributed by atoms with Gasteiger partial charge < -0.3 is 15.8 Å². The number of anilines is 1. The first kappa shape index (κ1) is 20.2. The Bertz CT molecular complexity index is 593. The van der Waals surface area contributed by atoms with Gasteiger partial charge in [0.2, 0.25) is 5.91 Å². The van der Waals surface area contributed by atoms with E-state index >= 15 is 0 Å². The number of nitrogens with two attached hydrogens (primary N) is 1. The van der Waals surface area contributed by atoms with Crippen molar-refractivity contribution in [1.82, 2.24) is 0 Å². The molecular weight excluding hydrogens is 377 g/mol. The van der Waals surface area contributed by atoms with Gasteiger partial charge in [-0.15, -0.1) is 0 Å². The van der Waals surface area contributed by atoms with Crippen LogP contribution in [0.3, 0.4) is 0 Å². The molecule has 132 valence electrons. The SMILES string of the molecule is C=C(F)CCC(=O)N(CCCCC/C(N)=N/O)c1cccc(Br)c1. The number of hydrogen-bond acceptors (Lipinski definition) is 3. The number of benzene rings is 1. The van der Waals surface area contributed by atoms with E-state index in [2.05, 4.69) is 27.7 Å². The molecule has 0 bridgehead atoms. The van der Waals surface area contributed by atoms with Crippen molar-refractivity contribution in [3.8, 4) is 0 Å². The van der Waals surface area contributed by atoms with Crippen molar-refractivity contribution in [2.45, 2.75) is 38.5 Å². The van der Waals surface area contributed by atoms with Crippen LogP contribution < -0.4 is 10.6 Å². The summed E-state index contributed by atoms with van der Waals surface area (Å²) < 4.78 is 13.7. The van der Waals surface area contributed by atoms with E-state index in [4.69, 9.17) is 10.9 Å². The standard InChI is InChI=1S/C17H23BrFN3O2/c1-13(19)9-10-17(23)22(15-7-5-6-14(18)12-15)11-4-2-3-8-16(20)21-24/h5-7,12,24H,1-4,8-11H2,(H2,20,21). The van der Waals surface area contributed by atoms with Crippen molar-refractivity contribution in [3.63, 3.8) is 0 Å². The fraction of sp³-hybridized carbons (Fsp3) is 0.412. The molecule has 0 spiro atoms. The van der Waals surface area contributed by atoms with Gasteiger partial charge in [-0.3, -0.25) is 4.79 Å². The number of oxime groups is 1. The van der Waals surface area contributed by atoms with E-state index in [9.17, 15) is 9.18 Å². The van der Waals surface area contributed by atoms with Crippen LogP contribution in [0.4, 0.5) is 10.1 Å². The zero-order chi connectivity index (χ0) is 17.9. The second-order valence-corrected chi connectivity index (χ2v) is 6.36. The maximum Gasteiger partial charge on any atom is 0.227 e. The van der Waals surface area contributed by atoms with Gasteiger partial charge in [-0.05, 0) is 31.0 Å². The fourth-order valence-corrected chi connectivity index (χ4v) is 2.61. The Balaban J connectivity index is 2.64. The van der Waals surface area contributed by atoms with E-state index in [1.807, 2.05) is 24.3 Å². The van der Waals surface area contributed by atoms with E-state index in [0.29, 0.717) is 13.0 Å². The molecule has 0 saturated carbocycles. The Morgan fingerprint density at radius 1 is 1.29 bits per heavy atom. The summed E-state index contributed by atoms with van der Waals surface area (Å²) in [6.45, 7) is 3.73.